The third-order valence-corrected chi connectivity index (χ3v) is 3.02. The summed E-state index contributed by atoms with van der Waals surface area (Å²) >= 11 is 1.94. The van der Waals surface area contributed by atoms with Crippen LogP contribution in [0.15, 0.2) is 16.9 Å². The summed E-state index contributed by atoms with van der Waals surface area (Å²) in [5.41, 5.74) is 0. The number of thioether (sulfide) groups is 1. The highest BCUT2D eigenvalue weighted by Crippen LogP contribution is 2.38. The molecule has 0 aliphatic carbocycles. The van der Waals surface area contributed by atoms with E-state index in [0.717, 1.165) is 5.89 Å². The van der Waals surface area contributed by atoms with Crippen molar-refractivity contribution in [2.24, 2.45) is 0 Å². The molecule has 0 amide bonds. The van der Waals surface area contributed by atoms with Crippen molar-refractivity contribution in [3.05, 3.63) is 18.4 Å². The first kappa shape index (κ1) is 6.28. The Bertz CT molecular complexity index is 191. The minimum Gasteiger partial charge on any atom is -0.448 e. The topological polar surface area (TPSA) is 26.0 Å². The number of hydrogen-bond acceptors (Lipinski definition) is 3. The summed E-state index contributed by atoms with van der Waals surface area (Å²) in [6.07, 6.45) is 5.89. The van der Waals surface area contributed by atoms with Gasteiger partial charge in [0.1, 0.15) is 6.26 Å². The number of oxazole rings is 1. The molecule has 3 heteroatoms. The minimum absolute atomic E-state index is 0.537. The zero-order chi connectivity index (χ0) is 6.81. The SMILES string of the molecule is c1coc(C2CCCS2)n1. The molecule has 2 rings (SSSR count). The van der Waals surface area contributed by atoms with Crippen molar-refractivity contribution in [2.75, 3.05) is 5.75 Å². The van der Waals surface area contributed by atoms with Gasteiger partial charge in [0.2, 0.25) is 5.89 Å². The van der Waals surface area contributed by atoms with Crippen molar-refractivity contribution < 1.29 is 4.42 Å². The molecule has 54 valence electrons. The lowest BCUT2D eigenvalue weighted by atomic mass is 10.2. The number of aromatic nitrogens is 1. The van der Waals surface area contributed by atoms with E-state index in [1.807, 2.05) is 11.8 Å². The number of nitrogens with zero attached hydrogens (tertiary/aromatic N) is 1. The molecule has 2 heterocycles. The smallest absolute Gasteiger partial charge is 0.207 e. The van der Waals surface area contributed by atoms with Crippen LogP contribution in [0.5, 0.6) is 0 Å². The van der Waals surface area contributed by atoms with Crippen LogP contribution in [0, 0.1) is 0 Å². The maximum absolute atomic E-state index is 5.19. The van der Waals surface area contributed by atoms with Crippen LogP contribution in [-0.4, -0.2) is 10.7 Å². The van der Waals surface area contributed by atoms with Gasteiger partial charge < -0.3 is 4.42 Å². The van der Waals surface area contributed by atoms with Gasteiger partial charge in [0, 0.05) is 0 Å². The molecule has 0 spiro atoms. The molecular weight excluding hydrogens is 146 g/mol. The van der Waals surface area contributed by atoms with E-state index < -0.39 is 0 Å². The Morgan fingerprint density at radius 1 is 1.70 bits per heavy atom. The average molecular weight is 155 g/mol. The highest BCUT2D eigenvalue weighted by atomic mass is 32.2. The normalized spacial score (nSPS) is 25.4. The van der Waals surface area contributed by atoms with Crippen molar-refractivity contribution in [3.8, 4) is 0 Å². The maximum Gasteiger partial charge on any atom is 0.207 e. The Hall–Kier alpha value is -0.440. The maximum atomic E-state index is 5.19. The van der Waals surface area contributed by atoms with E-state index in [0.29, 0.717) is 5.25 Å². The lowest BCUT2D eigenvalue weighted by Crippen LogP contribution is -1.86. The summed E-state index contributed by atoms with van der Waals surface area (Å²) in [5, 5.41) is 0.537. The molecule has 1 saturated heterocycles. The monoisotopic (exact) mass is 155 g/mol. The molecule has 1 aromatic rings. The Morgan fingerprint density at radius 2 is 2.70 bits per heavy atom. The van der Waals surface area contributed by atoms with Gasteiger partial charge in [-0.2, -0.15) is 0 Å². The Labute approximate surface area is 64.0 Å². The van der Waals surface area contributed by atoms with E-state index in [9.17, 15) is 0 Å². The molecule has 1 unspecified atom stereocenters. The van der Waals surface area contributed by atoms with Crippen molar-refractivity contribution in [1.82, 2.24) is 4.98 Å². The molecule has 1 aliphatic heterocycles. The van der Waals surface area contributed by atoms with Crippen LogP contribution in [0.3, 0.4) is 0 Å². The molecular formula is C7H9NOS. The van der Waals surface area contributed by atoms with Crippen LogP contribution in [0.1, 0.15) is 24.0 Å². The minimum atomic E-state index is 0.537. The quantitative estimate of drug-likeness (QED) is 0.622. The summed E-state index contributed by atoms with van der Waals surface area (Å²) < 4.78 is 5.19. The van der Waals surface area contributed by atoms with Crippen LogP contribution >= 0.6 is 11.8 Å². The molecule has 0 bridgehead atoms. The standard InChI is InChI=1S/C7H9NOS/c1-2-6(10-5-1)7-8-3-4-9-7/h3-4,6H,1-2,5H2. The molecule has 1 aromatic heterocycles. The van der Waals surface area contributed by atoms with Gasteiger partial charge in [-0.05, 0) is 18.6 Å². The molecule has 0 N–H and O–H groups in total. The summed E-state index contributed by atoms with van der Waals surface area (Å²) in [6.45, 7) is 0. The molecule has 2 nitrogen and oxygen atoms in total. The Kier molecular flexibility index (Phi) is 1.67. The third-order valence-electron chi connectivity index (χ3n) is 1.66. The van der Waals surface area contributed by atoms with E-state index in [-0.39, 0.29) is 0 Å². The van der Waals surface area contributed by atoms with Gasteiger partial charge in [0.05, 0.1) is 11.4 Å². The molecule has 0 aromatic carbocycles. The molecule has 1 aliphatic rings. The van der Waals surface area contributed by atoms with Gasteiger partial charge in [-0.25, -0.2) is 4.98 Å². The van der Waals surface area contributed by atoms with E-state index in [1.54, 1.807) is 12.5 Å². The van der Waals surface area contributed by atoms with E-state index in [1.165, 1.54) is 18.6 Å². The van der Waals surface area contributed by atoms with Crippen LogP contribution in [0.25, 0.3) is 0 Å². The summed E-state index contributed by atoms with van der Waals surface area (Å²) in [7, 11) is 0. The number of hydrogen-bond donors (Lipinski definition) is 0. The van der Waals surface area contributed by atoms with Gasteiger partial charge >= 0.3 is 0 Å². The Morgan fingerprint density at radius 3 is 3.30 bits per heavy atom. The predicted octanol–water partition coefficient (Wildman–Crippen LogP) is 2.24. The fraction of sp³-hybridized carbons (Fsp3) is 0.571. The van der Waals surface area contributed by atoms with E-state index in [4.69, 9.17) is 4.42 Å². The van der Waals surface area contributed by atoms with Gasteiger partial charge in [-0.3, -0.25) is 0 Å². The van der Waals surface area contributed by atoms with Crippen LogP contribution < -0.4 is 0 Å². The summed E-state index contributed by atoms with van der Waals surface area (Å²) in [4.78, 5) is 4.11. The number of rotatable bonds is 1. The van der Waals surface area contributed by atoms with Gasteiger partial charge in [0.25, 0.3) is 0 Å². The second kappa shape index (κ2) is 2.66. The van der Waals surface area contributed by atoms with Crippen molar-refractivity contribution in [3.63, 3.8) is 0 Å². The predicted molar refractivity (Wildman–Crippen MR) is 40.9 cm³/mol. The third kappa shape index (κ3) is 1.06. The van der Waals surface area contributed by atoms with Crippen LogP contribution in [0.2, 0.25) is 0 Å². The molecule has 1 atom stereocenters. The van der Waals surface area contributed by atoms with Crippen molar-refractivity contribution in [1.29, 1.82) is 0 Å². The van der Waals surface area contributed by atoms with Crippen LogP contribution in [-0.2, 0) is 0 Å². The zero-order valence-corrected chi connectivity index (χ0v) is 6.43. The second-order valence-electron chi connectivity index (χ2n) is 2.37. The van der Waals surface area contributed by atoms with Gasteiger partial charge in [0.15, 0.2) is 0 Å². The first-order valence-corrected chi connectivity index (χ1v) is 4.53. The average Bonchev–Trinajstić information content (AvgIpc) is 2.59. The lowest BCUT2D eigenvalue weighted by Gasteiger charge is -1.99. The van der Waals surface area contributed by atoms with Crippen molar-refractivity contribution in [2.45, 2.75) is 18.1 Å². The molecule has 0 radical (unpaired) electrons. The molecule has 0 saturated carbocycles. The lowest BCUT2D eigenvalue weighted by molar-refractivity contribution is 0.486. The van der Waals surface area contributed by atoms with E-state index in [2.05, 4.69) is 4.98 Å². The van der Waals surface area contributed by atoms with E-state index >= 15 is 0 Å². The second-order valence-corrected chi connectivity index (χ2v) is 3.68. The van der Waals surface area contributed by atoms with Gasteiger partial charge in [-0.15, -0.1) is 11.8 Å². The highest BCUT2D eigenvalue weighted by molar-refractivity contribution is 7.99. The summed E-state index contributed by atoms with van der Waals surface area (Å²) in [5.74, 6) is 2.16. The van der Waals surface area contributed by atoms with Crippen LogP contribution in [0.4, 0.5) is 0 Å². The zero-order valence-electron chi connectivity index (χ0n) is 5.62. The Balaban J connectivity index is 2.12. The van der Waals surface area contributed by atoms with Crippen molar-refractivity contribution >= 4 is 11.8 Å². The fourth-order valence-electron chi connectivity index (χ4n) is 1.17. The first-order valence-electron chi connectivity index (χ1n) is 3.48. The largest absolute Gasteiger partial charge is 0.448 e. The van der Waals surface area contributed by atoms with Gasteiger partial charge in [-0.1, -0.05) is 0 Å². The summed E-state index contributed by atoms with van der Waals surface area (Å²) in [6, 6.07) is 0. The highest BCUT2D eigenvalue weighted by Gasteiger charge is 2.20. The first-order chi connectivity index (χ1) is 4.97. The molecule has 10 heavy (non-hydrogen) atoms. The fourth-order valence-corrected chi connectivity index (χ4v) is 2.38. The molecule has 1 fully saturated rings.